The van der Waals surface area contributed by atoms with Crippen LogP contribution in [0.5, 0.6) is 5.75 Å². The fourth-order valence-electron chi connectivity index (χ4n) is 3.14. The molecule has 1 heterocycles. The molecule has 0 aliphatic carbocycles. The van der Waals surface area contributed by atoms with Gasteiger partial charge in [-0.3, -0.25) is 0 Å². The highest BCUT2D eigenvalue weighted by atomic mass is 32.2. The molecule has 0 saturated heterocycles. The summed E-state index contributed by atoms with van der Waals surface area (Å²) in [6.07, 6.45) is 0. The molecule has 152 valence electrons. The predicted octanol–water partition coefficient (Wildman–Crippen LogP) is 4.72. The molecule has 0 radical (unpaired) electrons. The molecule has 0 amide bonds. The van der Waals surface area contributed by atoms with E-state index in [-0.39, 0.29) is 4.90 Å². The Morgan fingerprint density at radius 1 is 0.833 bits per heavy atom. The average Bonchev–Trinajstić information content (AvgIpc) is 3.10. The number of aromatic nitrogens is 1. The lowest BCUT2D eigenvalue weighted by Crippen LogP contribution is -2.14. The van der Waals surface area contributed by atoms with E-state index in [1.165, 1.54) is 11.3 Å². The number of hydrogen-bond donors (Lipinski definition) is 0. The zero-order valence-corrected chi connectivity index (χ0v) is 18.2. The van der Waals surface area contributed by atoms with Gasteiger partial charge in [0.25, 0.3) is 10.0 Å². The lowest BCUT2D eigenvalue weighted by molar-refractivity contribution is 0.415. The van der Waals surface area contributed by atoms with Gasteiger partial charge >= 0.3 is 0 Å². The molecule has 0 aliphatic heterocycles. The Morgan fingerprint density at radius 2 is 1.43 bits per heavy atom. The van der Waals surface area contributed by atoms with Gasteiger partial charge in [0.15, 0.2) is 0 Å². The summed E-state index contributed by atoms with van der Waals surface area (Å²) in [5.41, 5.74) is 2.85. The number of benzene rings is 3. The summed E-state index contributed by atoms with van der Waals surface area (Å²) in [4.78, 5) is 1.53. The Labute approximate surface area is 179 Å². The third-order valence-electron chi connectivity index (χ3n) is 4.67. The largest absolute Gasteiger partial charge is 0.497 e. The number of nitrogens with zero attached hydrogens (tertiary/aromatic N) is 2. The smallest absolute Gasteiger partial charge is 0.285 e. The first-order valence-corrected chi connectivity index (χ1v) is 11.5. The Kier molecular flexibility index (Phi) is 5.57. The van der Waals surface area contributed by atoms with Crippen LogP contribution in [0, 0.1) is 0 Å². The van der Waals surface area contributed by atoms with Gasteiger partial charge in [0.2, 0.25) is 4.80 Å². The van der Waals surface area contributed by atoms with Crippen LogP contribution < -0.4 is 9.54 Å². The van der Waals surface area contributed by atoms with Crippen molar-refractivity contribution in [1.82, 2.24) is 4.57 Å². The van der Waals surface area contributed by atoms with Gasteiger partial charge in [-0.2, -0.15) is 8.42 Å². The van der Waals surface area contributed by atoms with Crippen LogP contribution in [0.25, 0.3) is 21.7 Å². The van der Waals surface area contributed by atoms with Crippen LogP contribution in [0.4, 0.5) is 0 Å². The van der Waals surface area contributed by atoms with Gasteiger partial charge in [-0.05, 0) is 47.5 Å². The van der Waals surface area contributed by atoms with Crippen LogP contribution in [0.15, 0.2) is 94.2 Å². The van der Waals surface area contributed by atoms with Gasteiger partial charge < -0.3 is 9.30 Å². The fraction of sp³-hybridized carbons (Fsp3) is 0.0870. The summed E-state index contributed by atoms with van der Waals surface area (Å²) < 4.78 is 36.9. The van der Waals surface area contributed by atoms with Gasteiger partial charge in [-0.25, -0.2) is 0 Å². The molecule has 0 aliphatic rings. The van der Waals surface area contributed by atoms with Crippen molar-refractivity contribution < 1.29 is 13.2 Å². The first-order chi connectivity index (χ1) is 14.5. The summed E-state index contributed by atoms with van der Waals surface area (Å²) in [7, 11) is -0.359. The molecule has 3 aromatic carbocycles. The first kappa shape index (κ1) is 20.1. The van der Waals surface area contributed by atoms with Crippen LogP contribution in [0.3, 0.4) is 0 Å². The second kappa shape index (κ2) is 8.30. The average molecular weight is 437 g/mol. The second-order valence-corrected chi connectivity index (χ2v) is 9.18. The third kappa shape index (κ3) is 3.94. The zero-order valence-electron chi connectivity index (χ0n) is 16.5. The van der Waals surface area contributed by atoms with Crippen molar-refractivity contribution in [1.29, 1.82) is 0 Å². The van der Waals surface area contributed by atoms with Crippen LogP contribution in [-0.2, 0) is 17.1 Å². The summed E-state index contributed by atoms with van der Waals surface area (Å²) >= 11 is 1.35. The fourth-order valence-corrected chi connectivity index (χ4v) is 5.54. The van der Waals surface area contributed by atoms with Crippen molar-refractivity contribution in [3.8, 4) is 27.4 Å². The molecule has 1 aromatic heterocycles. The van der Waals surface area contributed by atoms with Crippen molar-refractivity contribution >= 4 is 21.4 Å². The van der Waals surface area contributed by atoms with E-state index in [1.807, 2.05) is 66.2 Å². The normalized spacial score (nSPS) is 12.1. The van der Waals surface area contributed by atoms with E-state index in [4.69, 9.17) is 4.74 Å². The van der Waals surface area contributed by atoms with Crippen LogP contribution in [0.2, 0.25) is 0 Å². The Bertz CT molecular complexity index is 1320. The molecule has 0 spiro atoms. The maximum Gasteiger partial charge on any atom is 0.285 e. The second-order valence-electron chi connectivity index (χ2n) is 6.60. The molecular weight excluding hydrogens is 416 g/mol. The lowest BCUT2D eigenvalue weighted by Gasteiger charge is -2.08. The molecule has 30 heavy (non-hydrogen) atoms. The minimum absolute atomic E-state index is 0.172. The summed E-state index contributed by atoms with van der Waals surface area (Å²) in [6.45, 7) is 0. The molecule has 0 atom stereocenters. The molecule has 5 nitrogen and oxygen atoms in total. The Balaban J connectivity index is 1.95. The van der Waals surface area contributed by atoms with Gasteiger partial charge in [0, 0.05) is 7.05 Å². The first-order valence-electron chi connectivity index (χ1n) is 9.25. The van der Waals surface area contributed by atoms with E-state index >= 15 is 0 Å². The topological polar surface area (TPSA) is 60.7 Å². The summed E-state index contributed by atoms with van der Waals surface area (Å²) in [5.74, 6) is 0.759. The number of ether oxygens (including phenoxy) is 1. The van der Waals surface area contributed by atoms with Gasteiger partial charge in [0.1, 0.15) is 5.75 Å². The quantitative estimate of drug-likeness (QED) is 0.455. The molecular formula is C23H20N2O3S2. The van der Waals surface area contributed by atoms with Crippen LogP contribution >= 0.6 is 11.3 Å². The number of sulfonamides is 1. The van der Waals surface area contributed by atoms with Crippen LogP contribution in [-0.4, -0.2) is 20.1 Å². The Morgan fingerprint density at radius 3 is 2.03 bits per heavy atom. The maximum absolute atomic E-state index is 12.8. The van der Waals surface area contributed by atoms with E-state index in [0.717, 1.165) is 27.4 Å². The van der Waals surface area contributed by atoms with Crippen molar-refractivity contribution in [2.24, 2.45) is 11.4 Å². The number of methoxy groups -OCH3 is 1. The van der Waals surface area contributed by atoms with E-state index in [9.17, 15) is 8.42 Å². The monoisotopic (exact) mass is 436 g/mol. The predicted molar refractivity (Wildman–Crippen MR) is 120 cm³/mol. The van der Waals surface area contributed by atoms with E-state index in [1.54, 1.807) is 37.4 Å². The highest BCUT2D eigenvalue weighted by Gasteiger charge is 2.18. The Hall–Kier alpha value is -3.16. The van der Waals surface area contributed by atoms with Crippen LogP contribution in [0.1, 0.15) is 0 Å². The molecule has 0 saturated carbocycles. The summed E-state index contributed by atoms with van der Waals surface area (Å²) in [6, 6.07) is 25.9. The van der Waals surface area contributed by atoms with Gasteiger partial charge in [-0.1, -0.05) is 59.9 Å². The third-order valence-corrected chi connectivity index (χ3v) is 7.25. The number of thiazole rings is 1. The minimum atomic E-state index is -3.82. The number of hydrogen-bond acceptors (Lipinski definition) is 4. The number of rotatable bonds is 5. The lowest BCUT2D eigenvalue weighted by atomic mass is 10.1. The molecule has 7 heteroatoms. The van der Waals surface area contributed by atoms with Crippen molar-refractivity contribution in [2.75, 3.05) is 7.11 Å². The van der Waals surface area contributed by atoms with E-state index in [2.05, 4.69) is 4.40 Å². The van der Waals surface area contributed by atoms with Crippen molar-refractivity contribution in [3.63, 3.8) is 0 Å². The molecule has 0 fully saturated rings. The molecule has 0 N–H and O–H groups in total. The molecule has 4 rings (SSSR count). The standard InChI is InChI=1S/C23H20N2O3S2/c1-25-21(17-13-15-19(28-2)16-14-17)22(18-9-5-3-6-10-18)29-23(25)24-30(26,27)20-11-7-4-8-12-20/h3-16H,1-2H3. The molecule has 4 aromatic rings. The minimum Gasteiger partial charge on any atom is -0.497 e. The maximum atomic E-state index is 12.8. The van der Waals surface area contributed by atoms with Crippen molar-refractivity contribution in [2.45, 2.75) is 4.90 Å². The highest BCUT2D eigenvalue weighted by molar-refractivity contribution is 7.90. The van der Waals surface area contributed by atoms with Gasteiger partial charge in [0.05, 0.1) is 22.6 Å². The van der Waals surface area contributed by atoms with Gasteiger partial charge in [-0.15, -0.1) is 4.40 Å². The highest BCUT2D eigenvalue weighted by Crippen LogP contribution is 2.35. The summed E-state index contributed by atoms with van der Waals surface area (Å²) in [5, 5.41) is 0. The zero-order chi connectivity index (χ0) is 21.1. The molecule has 0 bridgehead atoms. The van der Waals surface area contributed by atoms with E-state index < -0.39 is 10.0 Å². The van der Waals surface area contributed by atoms with E-state index in [0.29, 0.717) is 4.80 Å². The van der Waals surface area contributed by atoms with Crippen molar-refractivity contribution in [3.05, 3.63) is 89.7 Å². The molecule has 0 unspecified atom stereocenters. The SMILES string of the molecule is COc1ccc(-c2c(-c3ccccc3)sc(=NS(=O)(=O)c3ccccc3)n2C)cc1.